The average molecular weight is 231 g/mol. The number of carbonyl (C=O) groups excluding carboxylic acids is 1. The van der Waals surface area contributed by atoms with Gasteiger partial charge in [-0.3, -0.25) is 9.78 Å². The summed E-state index contributed by atoms with van der Waals surface area (Å²) in [6, 6.07) is 5.84. The number of carbonyl (C=O) groups is 1. The molecule has 3 nitrogen and oxygen atoms in total. The topological polar surface area (TPSA) is 39.2 Å². The zero-order valence-electron chi connectivity index (χ0n) is 9.18. The summed E-state index contributed by atoms with van der Waals surface area (Å²) in [5.41, 5.74) is 1.33. The molecule has 0 aliphatic heterocycles. The van der Waals surface area contributed by atoms with Crippen LogP contribution in [0.3, 0.4) is 0 Å². The van der Waals surface area contributed by atoms with Crippen LogP contribution in [0.2, 0.25) is 0 Å². The van der Waals surface area contributed by atoms with Crippen molar-refractivity contribution in [1.82, 2.24) is 4.98 Å². The SMILES string of the molecule is COc1cncc(-c2cc(C=O)ccc2F)c1. The first-order valence-corrected chi connectivity index (χ1v) is 4.98. The van der Waals surface area contributed by atoms with E-state index >= 15 is 0 Å². The lowest BCUT2D eigenvalue weighted by molar-refractivity contribution is 0.112. The molecule has 0 aliphatic rings. The van der Waals surface area contributed by atoms with E-state index in [2.05, 4.69) is 4.98 Å². The Morgan fingerprint density at radius 2 is 2.12 bits per heavy atom. The molecule has 0 saturated heterocycles. The molecule has 0 radical (unpaired) electrons. The Balaban J connectivity index is 2.54. The van der Waals surface area contributed by atoms with Crippen molar-refractivity contribution in [3.8, 4) is 16.9 Å². The summed E-state index contributed by atoms with van der Waals surface area (Å²) >= 11 is 0. The summed E-state index contributed by atoms with van der Waals surface area (Å²) in [4.78, 5) is 14.6. The van der Waals surface area contributed by atoms with E-state index in [1.165, 1.54) is 37.7 Å². The predicted octanol–water partition coefficient (Wildman–Crippen LogP) is 2.71. The van der Waals surface area contributed by atoms with Crippen molar-refractivity contribution in [2.45, 2.75) is 0 Å². The highest BCUT2D eigenvalue weighted by atomic mass is 19.1. The lowest BCUT2D eigenvalue weighted by Crippen LogP contribution is -1.90. The van der Waals surface area contributed by atoms with Crippen LogP contribution in [-0.4, -0.2) is 18.4 Å². The number of aldehydes is 1. The van der Waals surface area contributed by atoms with Crippen LogP contribution in [0.1, 0.15) is 10.4 Å². The van der Waals surface area contributed by atoms with E-state index in [1.807, 2.05) is 0 Å². The smallest absolute Gasteiger partial charge is 0.150 e. The summed E-state index contributed by atoms with van der Waals surface area (Å²) < 4.78 is 18.7. The summed E-state index contributed by atoms with van der Waals surface area (Å²) in [5, 5.41) is 0. The normalized spacial score (nSPS) is 10.0. The molecule has 4 heteroatoms. The number of hydrogen-bond donors (Lipinski definition) is 0. The van der Waals surface area contributed by atoms with Gasteiger partial charge in [0.15, 0.2) is 0 Å². The fourth-order valence-electron chi connectivity index (χ4n) is 1.52. The van der Waals surface area contributed by atoms with Gasteiger partial charge < -0.3 is 4.74 Å². The molecule has 1 aromatic carbocycles. The first-order chi connectivity index (χ1) is 8.24. The van der Waals surface area contributed by atoms with Gasteiger partial charge in [-0.25, -0.2) is 4.39 Å². The molecule has 0 aliphatic carbocycles. The van der Waals surface area contributed by atoms with E-state index in [-0.39, 0.29) is 0 Å². The number of benzene rings is 1. The van der Waals surface area contributed by atoms with Crippen molar-refractivity contribution >= 4 is 6.29 Å². The van der Waals surface area contributed by atoms with E-state index in [4.69, 9.17) is 4.74 Å². The zero-order valence-corrected chi connectivity index (χ0v) is 9.18. The molecule has 0 N–H and O–H groups in total. The fraction of sp³-hybridized carbons (Fsp3) is 0.0769. The third-order valence-electron chi connectivity index (χ3n) is 2.39. The lowest BCUT2D eigenvalue weighted by atomic mass is 10.0. The van der Waals surface area contributed by atoms with E-state index < -0.39 is 5.82 Å². The zero-order chi connectivity index (χ0) is 12.3. The number of ether oxygens (including phenoxy) is 1. The van der Waals surface area contributed by atoms with Gasteiger partial charge in [-0.1, -0.05) is 0 Å². The minimum atomic E-state index is -0.398. The monoisotopic (exact) mass is 231 g/mol. The Hall–Kier alpha value is -2.23. The van der Waals surface area contributed by atoms with Gasteiger partial charge >= 0.3 is 0 Å². The number of nitrogens with zero attached hydrogens (tertiary/aromatic N) is 1. The molecule has 0 fully saturated rings. The minimum Gasteiger partial charge on any atom is -0.495 e. The molecular formula is C13H10FNO2. The molecule has 86 valence electrons. The Morgan fingerprint density at radius 1 is 1.29 bits per heavy atom. The Labute approximate surface area is 97.9 Å². The van der Waals surface area contributed by atoms with E-state index in [0.717, 1.165) is 0 Å². The highest BCUT2D eigenvalue weighted by Gasteiger charge is 2.07. The van der Waals surface area contributed by atoms with Crippen molar-refractivity contribution in [3.63, 3.8) is 0 Å². The van der Waals surface area contributed by atoms with Crippen LogP contribution in [0.4, 0.5) is 4.39 Å². The predicted molar refractivity (Wildman–Crippen MR) is 61.6 cm³/mol. The molecule has 0 spiro atoms. The van der Waals surface area contributed by atoms with Crippen LogP contribution in [0, 0.1) is 5.82 Å². The summed E-state index contributed by atoms with van der Waals surface area (Å²) in [5.74, 6) is 0.143. The summed E-state index contributed by atoms with van der Waals surface area (Å²) in [6.07, 6.45) is 3.73. The number of rotatable bonds is 3. The van der Waals surface area contributed by atoms with Gasteiger partial charge in [0.2, 0.25) is 0 Å². The Kier molecular flexibility index (Phi) is 3.14. The maximum atomic E-state index is 13.6. The molecule has 1 aromatic heterocycles. The summed E-state index contributed by atoms with van der Waals surface area (Å²) in [7, 11) is 1.51. The van der Waals surface area contributed by atoms with Crippen LogP contribution >= 0.6 is 0 Å². The number of pyridine rings is 1. The minimum absolute atomic E-state index is 0.334. The van der Waals surface area contributed by atoms with Crippen LogP contribution in [0.15, 0.2) is 36.7 Å². The van der Waals surface area contributed by atoms with Crippen molar-refractivity contribution in [1.29, 1.82) is 0 Å². The Morgan fingerprint density at radius 3 is 2.82 bits per heavy atom. The van der Waals surface area contributed by atoms with Crippen molar-refractivity contribution in [2.75, 3.05) is 7.11 Å². The number of aromatic nitrogens is 1. The maximum absolute atomic E-state index is 13.6. The average Bonchev–Trinajstić information content (AvgIpc) is 2.39. The molecule has 0 saturated carbocycles. The molecule has 0 unspecified atom stereocenters. The molecule has 0 bridgehead atoms. The van der Waals surface area contributed by atoms with Crippen molar-refractivity contribution in [2.24, 2.45) is 0 Å². The van der Waals surface area contributed by atoms with Gasteiger partial charge in [-0.05, 0) is 24.3 Å². The second-order valence-corrected chi connectivity index (χ2v) is 3.47. The molecule has 2 aromatic rings. The van der Waals surface area contributed by atoms with Gasteiger partial charge in [-0.2, -0.15) is 0 Å². The van der Waals surface area contributed by atoms with Crippen molar-refractivity contribution in [3.05, 3.63) is 48.0 Å². The van der Waals surface area contributed by atoms with E-state index in [9.17, 15) is 9.18 Å². The lowest BCUT2D eigenvalue weighted by Gasteiger charge is -2.05. The molecular weight excluding hydrogens is 221 g/mol. The maximum Gasteiger partial charge on any atom is 0.150 e. The number of halogens is 1. The first-order valence-electron chi connectivity index (χ1n) is 4.98. The quantitative estimate of drug-likeness (QED) is 0.762. The van der Waals surface area contributed by atoms with Crippen LogP contribution in [0.25, 0.3) is 11.1 Å². The third-order valence-corrected chi connectivity index (χ3v) is 2.39. The van der Waals surface area contributed by atoms with Crippen molar-refractivity contribution < 1.29 is 13.9 Å². The molecule has 2 rings (SSSR count). The second-order valence-electron chi connectivity index (χ2n) is 3.47. The third kappa shape index (κ3) is 2.30. The molecule has 0 atom stereocenters. The second kappa shape index (κ2) is 4.74. The molecule has 17 heavy (non-hydrogen) atoms. The highest BCUT2D eigenvalue weighted by molar-refractivity contribution is 5.79. The van der Waals surface area contributed by atoms with Gasteiger partial charge in [0, 0.05) is 22.9 Å². The van der Waals surface area contributed by atoms with Crippen LogP contribution in [0.5, 0.6) is 5.75 Å². The molecule has 1 heterocycles. The van der Waals surface area contributed by atoms with Gasteiger partial charge in [0.25, 0.3) is 0 Å². The van der Waals surface area contributed by atoms with E-state index in [1.54, 1.807) is 6.07 Å². The van der Waals surface area contributed by atoms with Crippen LogP contribution in [-0.2, 0) is 0 Å². The van der Waals surface area contributed by atoms with Gasteiger partial charge in [0.05, 0.1) is 13.3 Å². The highest BCUT2D eigenvalue weighted by Crippen LogP contribution is 2.25. The van der Waals surface area contributed by atoms with E-state index in [0.29, 0.717) is 28.7 Å². The first kappa shape index (κ1) is 11.3. The number of methoxy groups -OCH3 is 1. The fourth-order valence-corrected chi connectivity index (χ4v) is 1.52. The number of hydrogen-bond acceptors (Lipinski definition) is 3. The van der Waals surface area contributed by atoms with Gasteiger partial charge in [-0.15, -0.1) is 0 Å². The largest absolute Gasteiger partial charge is 0.495 e. The van der Waals surface area contributed by atoms with Gasteiger partial charge in [0.1, 0.15) is 17.9 Å². The molecule has 0 amide bonds. The standard InChI is InChI=1S/C13H10FNO2/c1-17-11-5-10(6-15-7-11)12-4-9(8-16)2-3-13(12)14/h2-8H,1H3. The summed E-state index contributed by atoms with van der Waals surface area (Å²) in [6.45, 7) is 0. The van der Waals surface area contributed by atoms with Crippen LogP contribution < -0.4 is 4.74 Å². The Bertz CT molecular complexity index is 555.